The lowest BCUT2D eigenvalue weighted by atomic mass is 9.78. The highest BCUT2D eigenvalue weighted by molar-refractivity contribution is 5.48. The van der Waals surface area contributed by atoms with Crippen LogP contribution in [0, 0.1) is 5.41 Å². The van der Waals surface area contributed by atoms with Gasteiger partial charge in [-0.1, -0.05) is 39.8 Å². The molecule has 0 aliphatic heterocycles. The van der Waals surface area contributed by atoms with Gasteiger partial charge in [-0.25, -0.2) is 0 Å². The minimum Gasteiger partial charge on any atom is -0.378 e. The van der Waals surface area contributed by atoms with Crippen molar-refractivity contribution in [2.45, 2.75) is 33.6 Å². The van der Waals surface area contributed by atoms with Crippen LogP contribution >= 0.6 is 0 Å². The van der Waals surface area contributed by atoms with Gasteiger partial charge in [0.05, 0.1) is 0 Å². The van der Waals surface area contributed by atoms with E-state index in [1.165, 1.54) is 11.3 Å². The van der Waals surface area contributed by atoms with Gasteiger partial charge in [-0.2, -0.15) is 0 Å². The van der Waals surface area contributed by atoms with E-state index in [0.717, 1.165) is 0 Å². The van der Waals surface area contributed by atoms with E-state index >= 15 is 0 Å². The first-order valence-electron chi connectivity index (χ1n) is 5.59. The molecule has 1 nitrogen and oxygen atoms in total. The Hall–Kier alpha value is -0.980. The van der Waals surface area contributed by atoms with Crippen LogP contribution in [0.3, 0.4) is 0 Å². The van der Waals surface area contributed by atoms with E-state index in [2.05, 4.69) is 71.0 Å². The van der Waals surface area contributed by atoms with Crippen molar-refractivity contribution in [3.05, 3.63) is 29.8 Å². The maximum Gasteiger partial charge on any atom is 0.0363 e. The monoisotopic (exact) mass is 205 g/mol. The van der Waals surface area contributed by atoms with Crippen molar-refractivity contribution in [2.24, 2.45) is 5.41 Å². The van der Waals surface area contributed by atoms with Crippen LogP contribution in [0.1, 0.15) is 39.2 Å². The van der Waals surface area contributed by atoms with E-state index in [9.17, 15) is 0 Å². The molecule has 0 N–H and O–H groups in total. The first-order chi connectivity index (χ1) is 6.82. The molecule has 15 heavy (non-hydrogen) atoms. The average molecular weight is 205 g/mol. The van der Waals surface area contributed by atoms with Crippen molar-refractivity contribution in [3.8, 4) is 0 Å². The summed E-state index contributed by atoms with van der Waals surface area (Å²) < 4.78 is 0. The maximum atomic E-state index is 2.30. The molecular formula is C14H23N. The lowest BCUT2D eigenvalue weighted by Gasteiger charge is -2.28. The van der Waals surface area contributed by atoms with Crippen LogP contribution in [-0.2, 0) is 0 Å². The van der Waals surface area contributed by atoms with E-state index in [1.807, 2.05) is 0 Å². The Balaban J connectivity index is 3.00. The number of rotatable bonds is 2. The Kier molecular flexibility index (Phi) is 3.43. The third-order valence-electron chi connectivity index (χ3n) is 3.19. The molecule has 1 aromatic carbocycles. The lowest BCUT2D eigenvalue weighted by Crippen LogP contribution is -2.16. The molecule has 1 aromatic rings. The van der Waals surface area contributed by atoms with Crippen molar-refractivity contribution in [1.82, 2.24) is 0 Å². The van der Waals surface area contributed by atoms with Gasteiger partial charge in [0, 0.05) is 19.8 Å². The molecule has 0 heterocycles. The van der Waals surface area contributed by atoms with Gasteiger partial charge in [0.2, 0.25) is 0 Å². The summed E-state index contributed by atoms with van der Waals surface area (Å²) in [6.07, 6.45) is 0. The van der Waals surface area contributed by atoms with Crippen molar-refractivity contribution < 1.29 is 0 Å². The summed E-state index contributed by atoms with van der Waals surface area (Å²) in [6.45, 7) is 9.18. The molecule has 1 rings (SSSR count). The zero-order chi connectivity index (χ0) is 11.6. The standard InChI is InChI=1S/C14H23N/c1-11(14(2,3)4)12-8-7-9-13(10-12)15(5)6/h7-11H,1-6H3/t11-/m0/s1. The largest absolute Gasteiger partial charge is 0.378 e. The van der Waals surface area contributed by atoms with E-state index in [1.54, 1.807) is 0 Å². The second-order valence-electron chi connectivity index (χ2n) is 5.58. The van der Waals surface area contributed by atoms with Gasteiger partial charge >= 0.3 is 0 Å². The third-order valence-corrected chi connectivity index (χ3v) is 3.19. The first kappa shape index (κ1) is 12.1. The van der Waals surface area contributed by atoms with Crippen molar-refractivity contribution in [3.63, 3.8) is 0 Å². The summed E-state index contributed by atoms with van der Waals surface area (Å²) in [4.78, 5) is 2.15. The molecule has 0 saturated carbocycles. The van der Waals surface area contributed by atoms with Crippen molar-refractivity contribution in [1.29, 1.82) is 0 Å². The van der Waals surface area contributed by atoms with Crippen LogP contribution in [0.25, 0.3) is 0 Å². The topological polar surface area (TPSA) is 3.24 Å². The summed E-state index contributed by atoms with van der Waals surface area (Å²) in [7, 11) is 4.17. The molecule has 0 aliphatic carbocycles. The molecule has 0 saturated heterocycles. The van der Waals surface area contributed by atoms with Gasteiger partial charge in [-0.05, 0) is 29.0 Å². The number of anilines is 1. The van der Waals surface area contributed by atoms with Gasteiger partial charge in [0.1, 0.15) is 0 Å². The summed E-state index contributed by atoms with van der Waals surface area (Å²) in [5.74, 6) is 0.581. The number of benzene rings is 1. The molecule has 1 heteroatoms. The molecule has 0 bridgehead atoms. The summed E-state index contributed by atoms with van der Waals surface area (Å²) in [5, 5.41) is 0. The third kappa shape index (κ3) is 2.98. The molecule has 84 valence electrons. The fourth-order valence-corrected chi connectivity index (χ4v) is 1.57. The number of hydrogen-bond acceptors (Lipinski definition) is 1. The van der Waals surface area contributed by atoms with Crippen molar-refractivity contribution in [2.75, 3.05) is 19.0 Å². The maximum absolute atomic E-state index is 2.30. The second kappa shape index (κ2) is 4.26. The Bertz CT molecular complexity index is 320. The molecule has 1 atom stereocenters. The summed E-state index contributed by atoms with van der Waals surface area (Å²) >= 11 is 0. The van der Waals surface area contributed by atoms with Gasteiger partial charge in [0.15, 0.2) is 0 Å². The Morgan fingerprint density at radius 1 is 1.13 bits per heavy atom. The molecule has 0 aromatic heterocycles. The number of hydrogen-bond donors (Lipinski definition) is 0. The summed E-state index contributed by atoms with van der Waals surface area (Å²) in [6, 6.07) is 8.81. The van der Waals surface area contributed by atoms with E-state index < -0.39 is 0 Å². The first-order valence-corrected chi connectivity index (χ1v) is 5.59. The van der Waals surface area contributed by atoms with Crippen LogP contribution in [0.2, 0.25) is 0 Å². The fourth-order valence-electron chi connectivity index (χ4n) is 1.57. The Morgan fingerprint density at radius 3 is 2.20 bits per heavy atom. The Morgan fingerprint density at radius 2 is 1.73 bits per heavy atom. The van der Waals surface area contributed by atoms with Gasteiger partial charge in [-0.3, -0.25) is 0 Å². The van der Waals surface area contributed by atoms with Crippen LogP contribution in [-0.4, -0.2) is 14.1 Å². The van der Waals surface area contributed by atoms with Crippen molar-refractivity contribution >= 4 is 5.69 Å². The van der Waals surface area contributed by atoms with Crippen LogP contribution in [0.5, 0.6) is 0 Å². The SMILES string of the molecule is C[C@@H](c1cccc(N(C)C)c1)C(C)(C)C. The highest BCUT2D eigenvalue weighted by Crippen LogP contribution is 2.35. The van der Waals surface area contributed by atoms with Crippen LogP contribution in [0.15, 0.2) is 24.3 Å². The van der Waals surface area contributed by atoms with E-state index in [4.69, 9.17) is 0 Å². The molecule has 0 radical (unpaired) electrons. The smallest absolute Gasteiger partial charge is 0.0363 e. The quantitative estimate of drug-likeness (QED) is 0.707. The normalized spacial score (nSPS) is 13.7. The zero-order valence-electron chi connectivity index (χ0n) is 10.8. The van der Waals surface area contributed by atoms with Gasteiger partial charge in [0.25, 0.3) is 0 Å². The Labute approximate surface area is 94.1 Å². The predicted molar refractivity (Wildman–Crippen MR) is 68.6 cm³/mol. The second-order valence-corrected chi connectivity index (χ2v) is 5.58. The molecule has 0 spiro atoms. The molecule has 0 unspecified atom stereocenters. The molecule has 0 amide bonds. The highest BCUT2D eigenvalue weighted by atomic mass is 15.1. The van der Waals surface area contributed by atoms with Crippen LogP contribution < -0.4 is 4.90 Å². The van der Waals surface area contributed by atoms with E-state index in [-0.39, 0.29) is 0 Å². The molecule has 0 aliphatic rings. The summed E-state index contributed by atoms with van der Waals surface area (Å²) in [5.41, 5.74) is 3.03. The van der Waals surface area contributed by atoms with E-state index in [0.29, 0.717) is 11.3 Å². The minimum absolute atomic E-state index is 0.324. The number of nitrogens with zero attached hydrogens (tertiary/aromatic N) is 1. The zero-order valence-corrected chi connectivity index (χ0v) is 10.8. The van der Waals surface area contributed by atoms with Crippen LogP contribution in [0.4, 0.5) is 5.69 Å². The molecular weight excluding hydrogens is 182 g/mol. The highest BCUT2D eigenvalue weighted by Gasteiger charge is 2.21. The molecule has 0 fully saturated rings. The van der Waals surface area contributed by atoms with Gasteiger partial charge in [-0.15, -0.1) is 0 Å². The minimum atomic E-state index is 0.324. The predicted octanol–water partition coefficient (Wildman–Crippen LogP) is 3.90. The lowest BCUT2D eigenvalue weighted by molar-refractivity contribution is 0.339. The average Bonchev–Trinajstić information content (AvgIpc) is 2.15. The fraction of sp³-hybridized carbons (Fsp3) is 0.571. The van der Waals surface area contributed by atoms with Gasteiger partial charge < -0.3 is 4.90 Å².